The van der Waals surface area contributed by atoms with Crippen molar-refractivity contribution in [3.63, 3.8) is 0 Å². The second-order valence-corrected chi connectivity index (χ2v) is 4.73. The van der Waals surface area contributed by atoms with Crippen molar-refractivity contribution in [3.8, 4) is 0 Å². The van der Waals surface area contributed by atoms with Gasteiger partial charge in [-0.05, 0) is 31.0 Å². The fraction of sp³-hybridized carbons (Fsp3) is 0.357. The van der Waals surface area contributed by atoms with Gasteiger partial charge < -0.3 is 15.6 Å². The Morgan fingerprint density at radius 3 is 3.00 bits per heavy atom. The summed E-state index contributed by atoms with van der Waals surface area (Å²) in [4.78, 5) is 14.8. The van der Waals surface area contributed by atoms with Gasteiger partial charge in [-0.15, -0.1) is 0 Å². The average molecular weight is 242 g/mol. The Labute approximate surface area is 106 Å². The summed E-state index contributed by atoms with van der Waals surface area (Å²) in [6.07, 6.45) is 2.61. The molecule has 4 heteroatoms. The molecule has 0 unspecified atom stereocenters. The van der Waals surface area contributed by atoms with Crippen LogP contribution in [0.2, 0.25) is 0 Å². The van der Waals surface area contributed by atoms with Crippen LogP contribution in [0.5, 0.6) is 0 Å². The van der Waals surface area contributed by atoms with Gasteiger partial charge in [0.05, 0.1) is 6.54 Å². The Hall–Kier alpha value is -1.97. The third-order valence-corrected chi connectivity index (χ3v) is 3.23. The fourth-order valence-electron chi connectivity index (χ4n) is 2.13. The molecule has 0 saturated heterocycles. The summed E-state index contributed by atoms with van der Waals surface area (Å²) in [6.45, 7) is 3.79. The van der Waals surface area contributed by atoms with Crippen LogP contribution >= 0.6 is 0 Å². The third-order valence-electron chi connectivity index (χ3n) is 3.23. The van der Waals surface area contributed by atoms with E-state index in [9.17, 15) is 4.79 Å². The van der Waals surface area contributed by atoms with Crippen LogP contribution in [0.3, 0.4) is 0 Å². The lowest BCUT2D eigenvalue weighted by Gasteiger charge is -2.09. The molecular weight excluding hydrogens is 226 g/mol. The van der Waals surface area contributed by atoms with Crippen molar-refractivity contribution in [2.75, 3.05) is 6.54 Å². The first kappa shape index (κ1) is 12.5. The fourth-order valence-corrected chi connectivity index (χ4v) is 2.13. The zero-order chi connectivity index (χ0) is 13.1. The lowest BCUT2D eigenvalue weighted by Crippen LogP contribution is -2.16. The molecule has 2 aromatic rings. The van der Waals surface area contributed by atoms with Crippen LogP contribution in [0, 0.1) is 12.8 Å². The van der Waals surface area contributed by atoms with Crippen LogP contribution in [0.25, 0.3) is 16.4 Å². The summed E-state index contributed by atoms with van der Waals surface area (Å²) >= 11 is 0. The minimum Gasteiger partial charge on any atom is -0.712 e. The number of aromatic amines is 1. The number of carbonyl (C=O) groups is 1. The molecule has 0 amide bonds. The summed E-state index contributed by atoms with van der Waals surface area (Å²) in [7, 11) is 0. The summed E-state index contributed by atoms with van der Waals surface area (Å²) in [5.41, 5.74) is 11.8. The number of nitrogens with one attached hydrogen (secondary N) is 1. The van der Waals surface area contributed by atoms with Crippen LogP contribution in [0.15, 0.2) is 29.5 Å². The standard InChI is InChI=1S/C14H16N3O/c1-9-3-4-13-12(5-9)11(7-16-13)6-10(2)14(18)8-17-15/h3-5,7,10,16H,6,8H2,1-2H3/q-1/t10-/m0/s1. The number of hydrogen-bond donors (Lipinski definition) is 1. The van der Waals surface area contributed by atoms with Gasteiger partial charge in [0.2, 0.25) is 0 Å². The average Bonchev–Trinajstić information content (AvgIpc) is 2.72. The molecule has 0 fully saturated rings. The SMILES string of the molecule is Cc1ccc2[nH]cc(C[C@H](C)C(=O)CN=[N-])c2c1. The summed E-state index contributed by atoms with van der Waals surface area (Å²) in [6, 6.07) is 6.22. The Morgan fingerprint density at radius 1 is 1.50 bits per heavy atom. The first-order valence-corrected chi connectivity index (χ1v) is 6.02. The molecule has 2 rings (SSSR count). The minimum absolute atomic E-state index is 0.0421. The normalized spacial score (nSPS) is 12.6. The van der Waals surface area contributed by atoms with Crippen molar-refractivity contribution >= 4 is 16.7 Å². The molecule has 1 N–H and O–H groups in total. The van der Waals surface area contributed by atoms with Crippen molar-refractivity contribution in [1.82, 2.24) is 4.98 Å². The van der Waals surface area contributed by atoms with E-state index in [1.165, 1.54) is 5.56 Å². The van der Waals surface area contributed by atoms with E-state index in [-0.39, 0.29) is 18.2 Å². The summed E-state index contributed by atoms with van der Waals surface area (Å²) in [5.74, 6) is -0.181. The third kappa shape index (κ3) is 2.47. The van der Waals surface area contributed by atoms with Gasteiger partial charge in [0.15, 0.2) is 5.78 Å². The van der Waals surface area contributed by atoms with Crippen molar-refractivity contribution in [1.29, 1.82) is 0 Å². The Bertz CT molecular complexity index is 586. The number of aryl methyl sites for hydroxylation is 1. The van der Waals surface area contributed by atoms with Gasteiger partial charge in [-0.3, -0.25) is 4.79 Å². The number of ketones is 1. The van der Waals surface area contributed by atoms with Crippen molar-refractivity contribution in [3.05, 3.63) is 41.1 Å². The molecule has 0 bridgehead atoms. The van der Waals surface area contributed by atoms with E-state index in [2.05, 4.69) is 29.2 Å². The predicted molar refractivity (Wildman–Crippen MR) is 71.6 cm³/mol. The van der Waals surface area contributed by atoms with Gasteiger partial charge in [-0.1, -0.05) is 18.6 Å². The number of hydrogen-bond acceptors (Lipinski definition) is 2. The maximum absolute atomic E-state index is 11.6. The van der Waals surface area contributed by atoms with E-state index in [0.717, 1.165) is 16.5 Å². The van der Waals surface area contributed by atoms with Crippen molar-refractivity contribution in [2.24, 2.45) is 11.0 Å². The van der Waals surface area contributed by atoms with Crippen LogP contribution in [-0.2, 0) is 11.2 Å². The van der Waals surface area contributed by atoms with Gasteiger partial charge in [-0.2, -0.15) is 0 Å². The number of H-pyrrole nitrogens is 1. The van der Waals surface area contributed by atoms with Crippen LogP contribution < -0.4 is 0 Å². The highest BCUT2D eigenvalue weighted by atomic mass is 16.1. The number of Topliss-reactive ketones (excluding diaryl/α,β-unsaturated/α-hetero) is 1. The van der Waals surface area contributed by atoms with Crippen molar-refractivity contribution < 1.29 is 4.79 Å². The largest absolute Gasteiger partial charge is 0.712 e. The van der Waals surface area contributed by atoms with Crippen LogP contribution in [-0.4, -0.2) is 17.3 Å². The monoisotopic (exact) mass is 242 g/mol. The predicted octanol–water partition coefficient (Wildman–Crippen LogP) is 3.25. The van der Waals surface area contributed by atoms with E-state index in [4.69, 9.17) is 5.53 Å². The Balaban J connectivity index is 2.24. The van der Waals surface area contributed by atoms with E-state index < -0.39 is 0 Å². The highest BCUT2D eigenvalue weighted by Crippen LogP contribution is 2.22. The highest BCUT2D eigenvalue weighted by Gasteiger charge is 2.14. The maximum Gasteiger partial charge on any atom is 0.155 e. The number of fused-ring (bicyclic) bond motifs is 1. The first-order chi connectivity index (χ1) is 8.61. The molecule has 1 atom stereocenters. The zero-order valence-electron chi connectivity index (χ0n) is 10.6. The topological polar surface area (TPSA) is 67.5 Å². The smallest absolute Gasteiger partial charge is 0.155 e. The summed E-state index contributed by atoms with van der Waals surface area (Å²) in [5, 5.41) is 4.07. The molecule has 1 aromatic carbocycles. The molecule has 18 heavy (non-hydrogen) atoms. The van der Waals surface area contributed by atoms with E-state index in [1.807, 2.05) is 19.2 Å². The second-order valence-electron chi connectivity index (χ2n) is 4.73. The molecule has 0 radical (unpaired) electrons. The molecule has 0 spiro atoms. The number of rotatable bonds is 5. The van der Waals surface area contributed by atoms with Crippen LogP contribution in [0.4, 0.5) is 0 Å². The lowest BCUT2D eigenvalue weighted by molar-refractivity contribution is -0.120. The van der Waals surface area contributed by atoms with Crippen LogP contribution in [0.1, 0.15) is 18.1 Å². The minimum atomic E-state index is -0.139. The molecule has 1 heterocycles. The molecule has 0 aliphatic heterocycles. The summed E-state index contributed by atoms with van der Waals surface area (Å²) < 4.78 is 0. The molecule has 0 saturated carbocycles. The molecule has 0 aliphatic rings. The van der Waals surface area contributed by atoms with E-state index >= 15 is 0 Å². The van der Waals surface area contributed by atoms with Gasteiger partial charge in [0, 0.05) is 23.0 Å². The van der Waals surface area contributed by atoms with Gasteiger partial charge in [-0.25, -0.2) is 0 Å². The molecule has 1 aromatic heterocycles. The van der Waals surface area contributed by atoms with Crippen molar-refractivity contribution in [2.45, 2.75) is 20.3 Å². The zero-order valence-corrected chi connectivity index (χ0v) is 10.6. The van der Waals surface area contributed by atoms with Gasteiger partial charge in [0.25, 0.3) is 0 Å². The van der Waals surface area contributed by atoms with E-state index in [0.29, 0.717) is 6.42 Å². The molecule has 4 nitrogen and oxygen atoms in total. The Kier molecular flexibility index (Phi) is 3.55. The quantitative estimate of drug-likeness (QED) is 0.803. The first-order valence-electron chi connectivity index (χ1n) is 6.02. The Morgan fingerprint density at radius 2 is 2.28 bits per heavy atom. The lowest BCUT2D eigenvalue weighted by atomic mass is 9.96. The van der Waals surface area contributed by atoms with Gasteiger partial charge in [0.1, 0.15) is 0 Å². The second kappa shape index (κ2) is 5.12. The molecule has 0 aliphatic carbocycles. The number of benzene rings is 1. The molecule has 94 valence electrons. The highest BCUT2D eigenvalue weighted by molar-refractivity contribution is 5.86. The number of aromatic nitrogens is 1. The molecular formula is C14H16N3O-. The number of carbonyl (C=O) groups excluding carboxylic acids is 1. The van der Waals surface area contributed by atoms with E-state index in [1.54, 1.807) is 0 Å². The maximum atomic E-state index is 11.6. The number of nitrogens with zero attached hydrogens (tertiary/aromatic N) is 2. The van der Waals surface area contributed by atoms with Gasteiger partial charge >= 0.3 is 0 Å².